The third-order valence-corrected chi connectivity index (χ3v) is 6.37. The predicted molar refractivity (Wildman–Crippen MR) is 79.9 cm³/mol. The van der Waals surface area contributed by atoms with Crippen LogP contribution in [0.15, 0.2) is 39.6 Å². The van der Waals surface area contributed by atoms with Crippen LogP contribution >= 0.6 is 11.8 Å². The van der Waals surface area contributed by atoms with Gasteiger partial charge in [0.05, 0.1) is 11.4 Å². The number of hydrogen-bond acceptors (Lipinski definition) is 4. The van der Waals surface area contributed by atoms with E-state index in [9.17, 15) is 17.4 Å². The molecule has 1 aliphatic rings. The third-order valence-electron chi connectivity index (χ3n) is 3.12. The van der Waals surface area contributed by atoms with Crippen molar-refractivity contribution < 1.29 is 17.4 Å². The average molecular weight is 338 g/mol. The molecule has 118 valence electrons. The van der Waals surface area contributed by atoms with E-state index in [0.717, 1.165) is 17.9 Å². The summed E-state index contributed by atoms with van der Waals surface area (Å²) < 4.78 is 55.1. The van der Waals surface area contributed by atoms with E-state index in [1.54, 1.807) is 6.07 Å². The first-order valence-electron chi connectivity index (χ1n) is 6.59. The summed E-state index contributed by atoms with van der Waals surface area (Å²) in [5, 5.41) is 3.15. The molecule has 1 heterocycles. The zero-order valence-electron chi connectivity index (χ0n) is 11.3. The minimum atomic E-state index is -4.86. The summed E-state index contributed by atoms with van der Waals surface area (Å²) in [6.45, 7) is 0.194. The van der Waals surface area contributed by atoms with Crippen LogP contribution in [0, 0.1) is 0 Å². The lowest BCUT2D eigenvalue weighted by molar-refractivity contribution is -0.0403. The van der Waals surface area contributed by atoms with Crippen LogP contribution < -0.4 is 5.32 Å². The van der Waals surface area contributed by atoms with E-state index in [1.165, 1.54) is 24.3 Å². The Morgan fingerprint density at radius 1 is 1.33 bits per heavy atom. The van der Waals surface area contributed by atoms with Crippen LogP contribution in [0.1, 0.15) is 6.42 Å². The first kappa shape index (κ1) is 16.6. The van der Waals surface area contributed by atoms with Gasteiger partial charge in [0, 0.05) is 18.3 Å². The van der Waals surface area contributed by atoms with Gasteiger partial charge in [-0.1, -0.05) is 18.2 Å². The molecule has 0 spiro atoms. The van der Waals surface area contributed by atoms with E-state index in [4.69, 9.17) is 0 Å². The van der Waals surface area contributed by atoms with E-state index < -0.39 is 15.2 Å². The minimum absolute atomic E-state index is 0.117. The Hall–Kier alpha value is -0.730. The molecule has 2 rings (SSSR count). The molecule has 0 aromatic heterocycles. The van der Waals surface area contributed by atoms with Crippen molar-refractivity contribution >= 4 is 21.5 Å². The van der Waals surface area contributed by atoms with Crippen LogP contribution in [-0.4, -0.2) is 40.4 Å². The van der Waals surface area contributed by atoms with Crippen molar-refractivity contribution in [1.82, 2.24) is 5.32 Å². The van der Waals surface area contributed by atoms with Crippen molar-refractivity contribution in [1.29, 1.82) is 0 Å². The van der Waals surface area contributed by atoms with Crippen molar-refractivity contribution in [2.45, 2.75) is 22.9 Å². The van der Waals surface area contributed by atoms with Gasteiger partial charge in [-0.25, -0.2) is 8.57 Å². The molecular weight excluding hydrogens is 321 g/mol. The second-order valence-electron chi connectivity index (χ2n) is 4.65. The fraction of sp³-hybridized carbons (Fsp3) is 0.538. The summed E-state index contributed by atoms with van der Waals surface area (Å²) in [5.41, 5.74) is -4.86. The van der Waals surface area contributed by atoms with Gasteiger partial charge >= 0.3 is 5.51 Å². The molecule has 3 nitrogen and oxygen atoms in total. The summed E-state index contributed by atoms with van der Waals surface area (Å²) in [6, 6.07) is 7.19. The van der Waals surface area contributed by atoms with Gasteiger partial charge in [-0.15, -0.1) is 0 Å². The Labute approximate surface area is 126 Å². The summed E-state index contributed by atoms with van der Waals surface area (Å²) >= 11 is 1.82. The molecule has 1 aromatic carbocycles. The molecule has 1 fully saturated rings. The maximum absolute atomic E-state index is 13.1. The summed E-state index contributed by atoms with van der Waals surface area (Å²) in [4.78, 5) is -0.283. The normalized spacial score (nSPS) is 22.0. The molecule has 1 saturated heterocycles. The second-order valence-corrected chi connectivity index (χ2v) is 8.05. The Morgan fingerprint density at radius 2 is 2.05 bits per heavy atom. The molecule has 0 bridgehead atoms. The highest BCUT2D eigenvalue weighted by Crippen LogP contribution is 2.32. The highest BCUT2D eigenvalue weighted by molar-refractivity contribution is 7.99. The summed E-state index contributed by atoms with van der Waals surface area (Å²) in [7, 11) is -4.40. The first-order valence-corrected chi connectivity index (χ1v) is 9.26. The van der Waals surface area contributed by atoms with Crippen LogP contribution in [0.4, 0.5) is 13.2 Å². The third kappa shape index (κ3) is 4.14. The van der Waals surface area contributed by atoms with Crippen molar-refractivity contribution in [2.24, 2.45) is 4.36 Å². The zero-order valence-corrected chi connectivity index (χ0v) is 12.9. The van der Waals surface area contributed by atoms with Crippen molar-refractivity contribution in [2.75, 3.05) is 24.6 Å². The molecule has 1 aliphatic heterocycles. The lowest BCUT2D eigenvalue weighted by atomic mass is 10.3. The predicted octanol–water partition coefficient (Wildman–Crippen LogP) is 3.13. The first-order chi connectivity index (χ1) is 9.93. The molecule has 1 aromatic rings. The van der Waals surface area contributed by atoms with Gasteiger partial charge in [0.25, 0.3) is 0 Å². The molecule has 0 aliphatic carbocycles. The Balaban J connectivity index is 2.09. The van der Waals surface area contributed by atoms with Crippen molar-refractivity contribution in [3.8, 4) is 0 Å². The highest BCUT2D eigenvalue weighted by atomic mass is 32.2. The van der Waals surface area contributed by atoms with Gasteiger partial charge < -0.3 is 5.32 Å². The van der Waals surface area contributed by atoms with Crippen LogP contribution in [0.25, 0.3) is 0 Å². The van der Waals surface area contributed by atoms with Gasteiger partial charge in [-0.05, 0) is 24.3 Å². The topological polar surface area (TPSA) is 41.5 Å². The molecule has 1 N–H and O–H groups in total. The summed E-state index contributed by atoms with van der Waals surface area (Å²) in [5.74, 6) is 2.03. The number of benzene rings is 1. The number of nitrogens with one attached hydrogen (secondary N) is 1. The van der Waals surface area contributed by atoms with Gasteiger partial charge in [-0.3, -0.25) is 0 Å². The van der Waals surface area contributed by atoms with Crippen molar-refractivity contribution in [3.63, 3.8) is 0 Å². The maximum atomic E-state index is 13.1. The monoisotopic (exact) mass is 338 g/mol. The Kier molecular flexibility index (Phi) is 5.56. The number of alkyl halides is 3. The Morgan fingerprint density at radius 3 is 2.62 bits per heavy atom. The van der Waals surface area contributed by atoms with Gasteiger partial charge in [0.1, 0.15) is 0 Å². The zero-order chi connectivity index (χ0) is 15.3. The second kappa shape index (κ2) is 7.02. The van der Waals surface area contributed by atoms with E-state index >= 15 is 0 Å². The van der Waals surface area contributed by atoms with Crippen LogP contribution in [0.3, 0.4) is 0 Å². The standard InChI is InChI=1S/C13H17F3N2OS2/c14-13(15,16)21(19,12-4-2-1-3-5-12)18-8-7-17-11-6-9-20-10-11/h1-5,11,17H,6-10H2. The summed E-state index contributed by atoms with van der Waals surface area (Å²) in [6.07, 6.45) is 1.01. The lowest BCUT2D eigenvalue weighted by Gasteiger charge is -2.14. The smallest absolute Gasteiger partial charge is 0.311 e. The molecule has 0 radical (unpaired) electrons. The van der Waals surface area contributed by atoms with Gasteiger partial charge in [0.15, 0.2) is 9.73 Å². The van der Waals surface area contributed by atoms with Crippen LogP contribution in [0.2, 0.25) is 0 Å². The van der Waals surface area contributed by atoms with Gasteiger partial charge in [0.2, 0.25) is 0 Å². The molecule has 8 heteroatoms. The molecular formula is C13H17F3N2OS2. The number of halogens is 3. The number of hydrogen-bond donors (Lipinski definition) is 1. The van der Waals surface area contributed by atoms with E-state index in [1.807, 2.05) is 11.8 Å². The average Bonchev–Trinajstić information content (AvgIpc) is 2.96. The maximum Gasteiger partial charge on any atom is 0.483 e. The fourth-order valence-electron chi connectivity index (χ4n) is 2.02. The van der Waals surface area contributed by atoms with Crippen molar-refractivity contribution in [3.05, 3.63) is 30.3 Å². The SMILES string of the molecule is O=S(=NCCNC1CCSC1)(c1ccccc1)C(F)(F)F. The number of rotatable bonds is 5. The highest BCUT2D eigenvalue weighted by Gasteiger charge is 2.44. The van der Waals surface area contributed by atoms with Crippen LogP contribution in [-0.2, 0) is 9.73 Å². The Bertz CT molecular complexity index is 563. The lowest BCUT2D eigenvalue weighted by Crippen LogP contribution is -2.31. The number of thioether (sulfide) groups is 1. The van der Waals surface area contributed by atoms with Gasteiger partial charge in [-0.2, -0.15) is 24.9 Å². The largest absolute Gasteiger partial charge is 0.483 e. The molecule has 2 unspecified atom stereocenters. The van der Waals surface area contributed by atoms with E-state index in [-0.39, 0.29) is 11.4 Å². The molecule has 0 amide bonds. The van der Waals surface area contributed by atoms with E-state index in [2.05, 4.69) is 9.68 Å². The molecule has 21 heavy (non-hydrogen) atoms. The fourth-order valence-corrected chi connectivity index (χ4v) is 4.65. The van der Waals surface area contributed by atoms with E-state index in [0.29, 0.717) is 12.6 Å². The minimum Gasteiger partial charge on any atom is -0.311 e. The quantitative estimate of drug-likeness (QED) is 0.839. The molecule has 2 atom stereocenters. The number of nitrogens with zero attached hydrogens (tertiary/aromatic N) is 1. The molecule has 0 saturated carbocycles. The van der Waals surface area contributed by atoms with Crippen LogP contribution in [0.5, 0.6) is 0 Å².